The van der Waals surface area contributed by atoms with Crippen molar-refractivity contribution in [2.45, 2.75) is 13.8 Å². The highest BCUT2D eigenvalue weighted by Crippen LogP contribution is 2.32. The molecule has 0 saturated carbocycles. The molecule has 0 bridgehead atoms. The number of anilines is 4. The molecule has 34 heavy (non-hydrogen) atoms. The van der Waals surface area contributed by atoms with E-state index in [1.807, 2.05) is 62.4 Å². The lowest BCUT2D eigenvalue weighted by Crippen LogP contribution is -2.06. The van der Waals surface area contributed by atoms with E-state index in [2.05, 4.69) is 42.2 Å². The second kappa shape index (κ2) is 10.7. The number of nitrogens with one attached hydrogen (secondary N) is 3. The van der Waals surface area contributed by atoms with Crippen molar-refractivity contribution in [3.05, 3.63) is 89.1 Å². The Morgan fingerprint density at radius 1 is 1.03 bits per heavy atom. The first kappa shape index (κ1) is 23.1. The zero-order valence-corrected chi connectivity index (χ0v) is 19.4. The summed E-state index contributed by atoms with van der Waals surface area (Å²) in [5.41, 5.74) is 8.24. The average Bonchev–Trinajstić information content (AvgIpc) is 2.83. The van der Waals surface area contributed by atoms with Crippen LogP contribution in [0.4, 0.5) is 27.5 Å². The van der Waals surface area contributed by atoms with Gasteiger partial charge in [0, 0.05) is 22.8 Å². The lowest BCUT2D eigenvalue weighted by Gasteiger charge is -2.11. The fourth-order valence-electron chi connectivity index (χ4n) is 3.34. The van der Waals surface area contributed by atoms with E-state index in [0.717, 1.165) is 39.3 Å². The smallest absolute Gasteiger partial charge is 0.245 e. The van der Waals surface area contributed by atoms with Gasteiger partial charge in [-0.25, -0.2) is 14.8 Å². The molecular formula is C25H23ClFN7. The molecule has 2 aromatic carbocycles. The molecule has 2 heterocycles. The number of hydrogen-bond acceptors (Lipinski definition) is 7. The summed E-state index contributed by atoms with van der Waals surface area (Å²) in [5.74, 6) is -0.216. The molecule has 7 nitrogen and oxygen atoms in total. The fourth-order valence-corrected chi connectivity index (χ4v) is 3.67. The number of benzene rings is 2. The largest absolute Gasteiger partial charge is 0.368 e. The van der Waals surface area contributed by atoms with Crippen LogP contribution in [0.15, 0.2) is 72.1 Å². The highest BCUT2D eigenvalue weighted by Gasteiger charge is 2.08. The van der Waals surface area contributed by atoms with Crippen molar-refractivity contribution in [3.8, 4) is 11.1 Å². The Hall–Kier alpha value is -4.04. The first-order valence-electron chi connectivity index (χ1n) is 10.7. The van der Waals surface area contributed by atoms with Gasteiger partial charge in [-0.3, -0.25) is 4.98 Å². The molecule has 0 saturated heterocycles. The van der Waals surface area contributed by atoms with Crippen molar-refractivity contribution in [1.82, 2.24) is 15.0 Å². The zero-order chi connectivity index (χ0) is 23.9. The second-order valence-electron chi connectivity index (χ2n) is 7.40. The number of nitrogens with zero attached hydrogens (tertiary/aromatic N) is 4. The third-order valence-corrected chi connectivity index (χ3v) is 5.21. The van der Waals surface area contributed by atoms with E-state index in [1.54, 1.807) is 6.20 Å². The van der Waals surface area contributed by atoms with Gasteiger partial charge in [0.2, 0.25) is 5.95 Å². The van der Waals surface area contributed by atoms with Gasteiger partial charge in [-0.1, -0.05) is 35.9 Å². The van der Waals surface area contributed by atoms with Gasteiger partial charge in [-0.05, 0) is 55.3 Å². The molecule has 0 aliphatic rings. The number of pyridine rings is 1. The fraction of sp³-hybridized carbons (Fsp3) is 0.120. The van der Waals surface area contributed by atoms with Gasteiger partial charge in [0.1, 0.15) is 0 Å². The predicted octanol–water partition coefficient (Wildman–Crippen LogP) is 6.26. The minimum Gasteiger partial charge on any atom is -0.368 e. The topological polar surface area (TPSA) is 87.1 Å². The first-order valence-corrected chi connectivity index (χ1v) is 11.1. The van der Waals surface area contributed by atoms with Gasteiger partial charge in [-0.15, -0.1) is 0 Å². The maximum atomic E-state index is 13.6. The summed E-state index contributed by atoms with van der Waals surface area (Å²) in [6.45, 7) is 4.45. The maximum absolute atomic E-state index is 13.6. The van der Waals surface area contributed by atoms with Crippen molar-refractivity contribution in [2.75, 3.05) is 22.6 Å². The minimum absolute atomic E-state index is 0.123. The van der Waals surface area contributed by atoms with E-state index in [4.69, 9.17) is 11.6 Å². The lowest BCUT2D eigenvalue weighted by molar-refractivity contribution is 0.617. The van der Waals surface area contributed by atoms with Crippen LogP contribution in [0.25, 0.3) is 11.1 Å². The van der Waals surface area contributed by atoms with E-state index >= 15 is 0 Å². The lowest BCUT2D eigenvalue weighted by atomic mass is 10.00. The van der Waals surface area contributed by atoms with Gasteiger partial charge in [0.05, 0.1) is 30.0 Å². The van der Waals surface area contributed by atoms with Crippen LogP contribution in [0.5, 0.6) is 0 Å². The van der Waals surface area contributed by atoms with Gasteiger partial charge in [0.15, 0.2) is 11.6 Å². The Labute approximate surface area is 202 Å². The number of hydrogen-bond donors (Lipinski definition) is 3. The molecule has 4 rings (SSSR count). The summed E-state index contributed by atoms with van der Waals surface area (Å²) in [7, 11) is 0. The van der Waals surface area contributed by atoms with Crippen molar-refractivity contribution >= 4 is 41.0 Å². The van der Waals surface area contributed by atoms with E-state index in [1.165, 1.54) is 6.21 Å². The third-order valence-electron chi connectivity index (χ3n) is 4.90. The molecule has 0 radical (unpaired) electrons. The van der Waals surface area contributed by atoms with Crippen LogP contribution in [-0.4, -0.2) is 27.7 Å². The van der Waals surface area contributed by atoms with E-state index in [0.29, 0.717) is 12.2 Å². The summed E-state index contributed by atoms with van der Waals surface area (Å²) < 4.78 is 13.6. The molecule has 9 heteroatoms. The average molecular weight is 476 g/mol. The third kappa shape index (κ3) is 5.65. The van der Waals surface area contributed by atoms with Crippen LogP contribution >= 0.6 is 11.6 Å². The Morgan fingerprint density at radius 2 is 1.88 bits per heavy atom. The van der Waals surface area contributed by atoms with Crippen molar-refractivity contribution in [3.63, 3.8) is 0 Å². The van der Waals surface area contributed by atoms with Crippen molar-refractivity contribution in [2.24, 2.45) is 5.10 Å². The van der Waals surface area contributed by atoms with Crippen LogP contribution in [0.1, 0.15) is 18.2 Å². The number of aryl methyl sites for hydroxylation is 1. The molecule has 2 aromatic heterocycles. The molecule has 0 unspecified atom stereocenters. The highest BCUT2D eigenvalue weighted by molar-refractivity contribution is 6.33. The number of rotatable bonds is 8. The second-order valence-corrected chi connectivity index (χ2v) is 7.81. The highest BCUT2D eigenvalue weighted by atomic mass is 35.5. The predicted molar refractivity (Wildman–Crippen MR) is 137 cm³/mol. The number of aromatic nitrogens is 3. The van der Waals surface area contributed by atoms with E-state index in [9.17, 15) is 4.39 Å². The summed E-state index contributed by atoms with van der Waals surface area (Å²) in [5, 5.41) is 11.0. The monoisotopic (exact) mass is 475 g/mol. The molecule has 0 aliphatic heterocycles. The molecule has 0 amide bonds. The summed E-state index contributed by atoms with van der Waals surface area (Å²) in [6.07, 6.45) is 4.33. The van der Waals surface area contributed by atoms with Crippen LogP contribution in [0.2, 0.25) is 5.02 Å². The Balaban J connectivity index is 1.41. The van der Waals surface area contributed by atoms with Crippen LogP contribution < -0.4 is 16.1 Å². The maximum Gasteiger partial charge on any atom is 0.245 e. The summed E-state index contributed by atoms with van der Waals surface area (Å²) in [4.78, 5) is 12.3. The molecule has 4 aromatic rings. The van der Waals surface area contributed by atoms with Crippen molar-refractivity contribution in [1.29, 1.82) is 0 Å². The van der Waals surface area contributed by atoms with Crippen LogP contribution in [0, 0.1) is 12.7 Å². The van der Waals surface area contributed by atoms with Gasteiger partial charge >= 0.3 is 0 Å². The van der Waals surface area contributed by atoms with Gasteiger partial charge in [-0.2, -0.15) is 10.1 Å². The number of hydrazone groups is 1. The summed E-state index contributed by atoms with van der Waals surface area (Å²) in [6, 6.07) is 17.7. The van der Waals surface area contributed by atoms with E-state index in [-0.39, 0.29) is 11.8 Å². The first-order chi connectivity index (χ1) is 16.5. The SMILES string of the molecule is CCNc1nc(N/N=C/c2ccc(Nc3cccc(-c4c(C)cccc4Cl)c3)cn2)ncc1F. The Morgan fingerprint density at radius 3 is 2.65 bits per heavy atom. The normalized spacial score (nSPS) is 10.9. The quantitative estimate of drug-likeness (QED) is 0.206. The molecule has 172 valence electrons. The van der Waals surface area contributed by atoms with E-state index < -0.39 is 5.82 Å². The Kier molecular flexibility index (Phi) is 7.29. The van der Waals surface area contributed by atoms with Crippen LogP contribution in [-0.2, 0) is 0 Å². The summed E-state index contributed by atoms with van der Waals surface area (Å²) >= 11 is 6.43. The molecule has 0 aliphatic carbocycles. The Bertz CT molecular complexity index is 1290. The molecule has 3 N–H and O–H groups in total. The van der Waals surface area contributed by atoms with Gasteiger partial charge in [0.25, 0.3) is 0 Å². The minimum atomic E-state index is -0.520. The van der Waals surface area contributed by atoms with Gasteiger partial charge < -0.3 is 10.6 Å². The number of halogens is 2. The molecule has 0 fully saturated rings. The van der Waals surface area contributed by atoms with Crippen LogP contribution in [0.3, 0.4) is 0 Å². The molecular weight excluding hydrogens is 453 g/mol. The zero-order valence-electron chi connectivity index (χ0n) is 18.7. The molecule has 0 spiro atoms. The van der Waals surface area contributed by atoms with Crippen molar-refractivity contribution < 1.29 is 4.39 Å². The standard InChI is InChI=1S/C25H23ClFN7/c1-3-28-24-22(27)15-30-25(33-24)34-31-14-19-10-11-20(13-29-19)32-18-8-5-7-17(12-18)23-16(2)6-4-9-21(23)26/h4-15,32H,3H2,1-2H3,(H2,28,30,33,34)/b31-14+. The molecule has 0 atom stereocenters.